The molecule has 0 fully saturated rings. The molecule has 0 radical (unpaired) electrons. The third-order valence-electron chi connectivity index (χ3n) is 2.70. The maximum Gasteiger partial charge on any atom is 0.115 e. The lowest BCUT2D eigenvalue weighted by molar-refractivity contribution is 0.470. The molecule has 0 aromatic heterocycles. The molecule has 1 N–H and O–H groups in total. The smallest absolute Gasteiger partial charge is 0.115 e. The Kier molecular flexibility index (Phi) is 3.78. The third-order valence-corrected chi connectivity index (χ3v) is 2.70. The molecular formula is C14H22O. The van der Waals surface area contributed by atoms with E-state index in [0.717, 1.165) is 6.42 Å². The number of phenolic OH excluding ortho intramolecular Hbond substituents is 1. The topological polar surface area (TPSA) is 20.2 Å². The van der Waals surface area contributed by atoms with Gasteiger partial charge in [-0.1, -0.05) is 40.2 Å². The molecule has 0 saturated heterocycles. The Morgan fingerprint density at radius 2 is 1.87 bits per heavy atom. The SMILES string of the molecule is CCCCc1ccc(O)cc1C(C)(C)C. The Morgan fingerprint density at radius 1 is 1.20 bits per heavy atom. The number of benzene rings is 1. The standard InChI is InChI=1S/C14H22O/c1-5-6-7-11-8-9-12(15)10-13(11)14(2,3)4/h8-10,15H,5-7H2,1-4H3. The molecule has 0 amide bonds. The van der Waals surface area contributed by atoms with Crippen LogP contribution in [-0.4, -0.2) is 5.11 Å². The molecule has 1 aromatic rings. The van der Waals surface area contributed by atoms with Crippen LogP contribution >= 0.6 is 0 Å². The summed E-state index contributed by atoms with van der Waals surface area (Å²) in [6.07, 6.45) is 3.54. The van der Waals surface area contributed by atoms with Gasteiger partial charge in [0.2, 0.25) is 0 Å². The van der Waals surface area contributed by atoms with E-state index < -0.39 is 0 Å². The van der Waals surface area contributed by atoms with Crippen LogP contribution in [0.3, 0.4) is 0 Å². The van der Waals surface area contributed by atoms with Crippen LogP contribution in [0.15, 0.2) is 18.2 Å². The normalized spacial score (nSPS) is 11.7. The van der Waals surface area contributed by atoms with Gasteiger partial charge in [0.1, 0.15) is 5.75 Å². The summed E-state index contributed by atoms with van der Waals surface area (Å²) in [6, 6.07) is 5.76. The van der Waals surface area contributed by atoms with Crippen LogP contribution < -0.4 is 0 Å². The van der Waals surface area contributed by atoms with Crippen molar-refractivity contribution < 1.29 is 5.11 Å². The number of hydrogen-bond donors (Lipinski definition) is 1. The first-order valence-corrected chi connectivity index (χ1v) is 5.77. The summed E-state index contributed by atoms with van der Waals surface area (Å²) in [6.45, 7) is 8.78. The van der Waals surface area contributed by atoms with Crippen LogP contribution in [0.1, 0.15) is 51.7 Å². The van der Waals surface area contributed by atoms with Crippen molar-refractivity contribution in [2.45, 2.75) is 52.4 Å². The van der Waals surface area contributed by atoms with Crippen molar-refractivity contribution in [2.24, 2.45) is 0 Å². The summed E-state index contributed by atoms with van der Waals surface area (Å²) >= 11 is 0. The van der Waals surface area contributed by atoms with Crippen molar-refractivity contribution in [1.29, 1.82) is 0 Å². The van der Waals surface area contributed by atoms with E-state index >= 15 is 0 Å². The van der Waals surface area contributed by atoms with Gasteiger partial charge >= 0.3 is 0 Å². The van der Waals surface area contributed by atoms with Crippen LogP contribution in [0, 0.1) is 0 Å². The Balaban J connectivity index is 3.04. The highest BCUT2D eigenvalue weighted by Gasteiger charge is 2.17. The van der Waals surface area contributed by atoms with Gasteiger partial charge in [0.05, 0.1) is 0 Å². The fraction of sp³-hybridized carbons (Fsp3) is 0.571. The minimum absolute atomic E-state index is 0.113. The highest BCUT2D eigenvalue weighted by molar-refractivity contribution is 5.39. The molecule has 0 aliphatic carbocycles. The van der Waals surface area contributed by atoms with Crippen molar-refractivity contribution in [2.75, 3.05) is 0 Å². The quantitative estimate of drug-likeness (QED) is 0.791. The minimum Gasteiger partial charge on any atom is -0.508 e. The maximum atomic E-state index is 9.53. The third kappa shape index (κ3) is 3.26. The molecule has 1 rings (SSSR count). The average Bonchev–Trinajstić information content (AvgIpc) is 2.14. The van der Waals surface area contributed by atoms with E-state index in [-0.39, 0.29) is 5.41 Å². The molecule has 84 valence electrons. The van der Waals surface area contributed by atoms with Gasteiger partial charge in [-0.05, 0) is 41.5 Å². The zero-order valence-electron chi connectivity index (χ0n) is 10.3. The van der Waals surface area contributed by atoms with Crippen LogP contribution in [0.2, 0.25) is 0 Å². The van der Waals surface area contributed by atoms with E-state index in [0.29, 0.717) is 5.75 Å². The van der Waals surface area contributed by atoms with Crippen molar-refractivity contribution >= 4 is 0 Å². The van der Waals surface area contributed by atoms with Gasteiger partial charge in [-0.2, -0.15) is 0 Å². The van der Waals surface area contributed by atoms with Gasteiger partial charge in [-0.3, -0.25) is 0 Å². The summed E-state index contributed by atoms with van der Waals surface area (Å²) < 4.78 is 0. The predicted molar refractivity (Wildman–Crippen MR) is 65.4 cm³/mol. The van der Waals surface area contributed by atoms with Gasteiger partial charge in [0.15, 0.2) is 0 Å². The zero-order chi connectivity index (χ0) is 11.5. The average molecular weight is 206 g/mol. The largest absolute Gasteiger partial charge is 0.508 e. The first-order valence-electron chi connectivity index (χ1n) is 5.77. The summed E-state index contributed by atoms with van der Waals surface area (Å²) in [5.41, 5.74) is 2.76. The Labute approximate surface area is 93.1 Å². The molecule has 0 aliphatic heterocycles. The molecule has 1 aromatic carbocycles. The highest BCUT2D eigenvalue weighted by Crippen LogP contribution is 2.29. The van der Waals surface area contributed by atoms with Crippen molar-refractivity contribution in [1.82, 2.24) is 0 Å². The fourth-order valence-electron chi connectivity index (χ4n) is 1.85. The predicted octanol–water partition coefficient (Wildman–Crippen LogP) is 4.03. The van der Waals surface area contributed by atoms with Gasteiger partial charge in [-0.15, -0.1) is 0 Å². The fourth-order valence-corrected chi connectivity index (χ4v) is 1.85. The second-order valence-corrected chi connectivity index (χ2v) is 5.20. The molecule has 1 nitrogen and oxygen atoms in total. The van der Waals surface area contributed by atoms with Crippen molar-refractivity contribution in [3.63, 3.8) is 0 Å². The first-order chi connectivity index (χ1) is 6.95. The number of unbranched alkanes of at least 4 members (excludes halogenated alkanes) is 1. The molecule has 15 heavy (non-hydrogen) atoms. The van der Waals surface area contributed by atoms with Crippen LogP contribution in [-0.2, 0) is 11.8 Å². The van der Waals surface area contributed by atoms with E-state index in [4.69, 9.17) is 0 Å². The number of aryl methyl sites for hydroxylation is 1. The molecule has 0 atom stereocenters. The van der Waals surface area contributed by atoms with E-state index in [2.05, 4.69) is 33.8 Å². The monoisotopic (exact) mass is 206 g/mol. The van der Waals surface area contributed by atoms with Gasteiger partial charge in [0.25, 0.3) is 0 Å². The Morgan fingerprint density at radius 3 is 2.40 bits per heavy atom. The molecule has 0 aliphatic rings. The number of phenols is 1. The Hall–Kier alpha value is -0.980. The summed E-state index contributed by atoms with van der Waals surface area (Å²) in [4.78, 5) is 0. The Bertz CT molecular complexity index is 321. The molecule has 0 unspecified atom stereocenters. The number of rotatable bonds is 3. The lowest BCUT2D eigenvalue weighted by Gasteiger charge is -2.23. The molecule has 0 heterocycles. The van der Waals surface area contributed by atoms with Crippen LogP contribution in [0.5, 0.6) is 5.75 Å². The number of aromatic hydroxyl groups is 1. The van der Waals surface area contributed by atoms with E-state index in [9.17, 15) is 5.11 Å². The summed E-state index contributed by atoms with van der Waals surface area (Å²) in [5, 5.41) is 9.53. The molecule has 0 spiro atoms. The van der Waals surface area contributed by atoms with Crippen molar-refractivity contribution in [3.05, 3.63) is 29.3 Å². The van der Waals surface area contributed by atoms with E-state index in [1.807, 2.05) is 6.07 Å². The first kappa shape index (κ1) is 12.1. The molecule has 1 heteroatoms. The van der Waals surface area contributed by atoms with Crippen LogP contribution in [0.25, 0.3) is 0 Å². The lowest BCUT2D eigenvalue weighted by atomic mass is 9.82. The molecular weight excluding hydrogens is 184 g/mol. The lowest BCUT2D eigenvalue weighted by Crippen LogP contribution is -2.14. The maximum absolute atomic E-state index is 9.53. The van der Waals surface area contributed by atoms with E-state index in [1.54, 1.807) is 6.07 Å². The van der Waals surface area contributed by atoms with Gasteiger partial charge < -0.3 is 5.11 Å². The molecule has 0 bridgehead atoms. The van der Waals surface area contributed by atoms with Gasteiger partial charge in [-0.25, -0.2) is 0 Å². The highest BCUT2D eigenvalue weighted by atomic mass is 16.3. The minimum atomic E-state index is 0.113. The summed E-state index contributed by atoms with van der Waals surface area (Å²) in [5.74, 6) is 0.375. The molecule has 0 saturated carbocycles. The summed E-state index contributed by atoms with van der Waals surface area (Å²) in [7, 11) is 0. The van der Waals surface area contributed by atoms with Crippen molar-refractivity contribution in [3.8, 4) is 5.75 Å². The van der Waals surface area contributed by atoms with Gasteiger partial charge in [0, 0.05) is 0 Å². The number of hydrogen-bond acceptors (Lipinski definition) is 1. The zero-order valence-corrected chi connectivity index (χ0v) is 10.3. The van der Waals surface area contributed by atoms with Crippen LogP contribution in [0.4, 0.5) is 0 Å². The van der Waals surface area contributed by atoms with E-state index in [1.165, 1.54) is 24.0 Å². The second-order valence-electron chi connectivity index (χ2n) is 5.20. The second kappa shape index (κ2) is 4.69.